The molecule has 0 atom stereocenters. The molecule has 0 saturated carbocycles. The summed E-state index contributed by atoms with van der Waals surface area (Å²) in [6, 6.07) is 7.56. The molecule has 1 aromatic carbocycles. The molecule has 28 heavy (non-hydrogen) atoms. The fourth-order valence-electron chi connectivity index (χ4n) is 3.71. The molecule has 1 aromatic rings. The zero-order chi connectivity index (χ0) is 18.9. The quantitative estimate of drug-likeness (QED) is 0.267. The molecule has 2 aliphatic heterocycles. The molecular formula is C20H34IN5O2. The summed E-state index contributed by atoms with van der Waals surface area (Å²) >= 11 is 0. The summed E-state index contributed by atoms with van der Waals surface area (Å²) in [5, 5.41) is 13.6. The smallest absolute Gasteiger partial charge is 0.193 e. The predicted octanol–water partition coefficient (Wildman–Crippen LogP) is 1.82. The third kappa shape index (κ3) is 6.66. The Labute approximate surface area is 185 Å². The number of ether oxygens (including phenoxy) is 1. The van der Waals surface area contributed by atoms with Gasteiger partial charge >= 0.3 is 0 Å². The minimum absolute atomic E-state index is 0. The molecule has 3 rings (SSSR count). The Morgan fingerprint density at radius 2 is 1.79 bits per heavy atom. The van der Waals surface area contributed by atoms with Crippen LogP contribution in [0, 0.1) is 0 Å². The van der Waals surface area contributed by atoms with Gasteiger partial charge in [-0.1, -0.05) is 12.1 Å². The van der Waals surface area contributed by atoms with E-state index in [1.54, 1.807) is 6.07 Å². The van der Waals surface area contributed by atoms with E-state index in [9.17, 15) is 5.11 Å². The fraction of sp³-hybridized carbons (Fsp3) is 0.650. The SMILES string of the molecule is CN=C(NCCCCN1CCOCC1)N1CCN(c2ccccc2O)CC1.I. The Kier molecular flexibility index (Phi) is 10.1. The number of benzene rings is 1. The number of piperazine rings is 1. The van der Waals surface area contributed by atoms with Crippen LogP contribution in [0.25, 0.3) is 0 Å². The number of hydrogen-bond acceptors (Lipinski definition) is 5. The molecule has 8 heteroatoms. The van der Waals surface area contributed by atoms with Crippen molar-refractivity contribution in [2.24, 2.45) is 4.99 Å². The minimum Gasteiger partial charge on any atom is -0.506 e. The monoisotopic (exact) mass is 503 g/mol. The highest BCUT2D eigenvalue weighted by Gasteiger charge is 2.21. The van der Waals surface area contributed by atoms with Crippen molar-refractivity contribution in [2.45, 2.75) is 12.8 Å². The maximum absolute atomic E-state index is 10.0. The topological polar surface area (TPSA) is 63.6 Å². The van der Waals surface area contributed by atoms with Crippen LogP contribution in [-0.2, 0) is 4.74 Å². The number of aromatic hydroxyl groups is 1. The van der Waals surface area contributed by atoms with E-state index in [0.29, 0.717) is 5.75 Å². The van der Waals surface area contributed by atoms with Crippen LogP contribution in [0.1, 0.15) is 12.8 Å². The number of morpholine rings is 1. The summed E-state index contributed by atoms with van der Waals surface area (Å²) in [6.07, 6.45) is 2.35. The number of rotatable bonds is 6. The Hall–Kier alpha value is -1.26. The second-order valence-corrected chi connectivity index (χ2v) is 7.10. The van der Waals surface area contributed by atoms with Crippen LogP contribution in [-0.4, -0.2) is 93.5 Å². The number of hydrogen-bond donors (Lipinski definition) is 2. The Morgan fingerprint density at radius 1 is 1.07 bits per heavy atom. The molecule has 158 valence electrons. The predicted molar refractivity (Wildman–Crippen MR) is 125 cm³/mol. The van der Waals surface area contributed by atoms with Gasteiger partial charge in [-0.3, -0.25) is 9.89 Å². The average molecular weight is 503 g/mol. The van der Waals surface area contributed by atoms with Gasteiger partial charge in [-0.25, -0.2) is 0 Å². The number of phenolic OH excluding ortho intramolecular Hbond substituents is 1. The molecule has 2 aliphatic rings. The first kappa shape index (κ1) is 23.0. The van der Waals surface area contributed by atoms with Gasteiger partial charge in [0.25, 0.3) is 0 Å². The van der Waals surface area contributed by atoms with Crippen LogP contribution in [0.2, 0.25) is 0 Å². The second kappa shape index (κ2) is 12.3. The van der Waals surface area contributed by atoms with Gasteiger partial charge < -0.3 is 25.0 Å². The van der Waals surface area contributed by atoms with E-state index in [4.69, 9.17) is 4.74 Å². The number of phenols is 1. The fourth-order valence-corrected chi connectivity index (χ4v) is 3.71. The molecule has 0 radical (unpaired) electrons. The first-order chi connectivity index (χ1) is 13.3. The summed E-state index contributed by atoms with van der Waals surface area (Å²) < 4.78 is 5.39. The molecule has 7 nitrogen and oxygen atoms in total. The Balaban J connectivity index is 0.00000280. The van der Waals surface area contributed by atoms with Crippen LogP contribution in [0.4, 0.5) is 5.69 Å². The number of anilines is 1. The van der Waals surface area contributed by atoms with Crippen molar-refractivity contribution in [3.05, 3.63) is 24.3 Å². The number of para-hydroxylation sites is 2. The second-order valence-electron chi connectivity index (χ2n) is 7.10. The van der Waals surface area contributed by atoms with Crippen LogP contribution in [0.5, 0.6) is 5.75 Å². The summed E-state index contributed by atoms with van der Waals surface area (Å²) in [6.45, 7) is 9.57. The first-order valence-electron chi connectivity index (χ1n) is 10.1. The van der Waals surface area contributed by atoms with Gasteiger partial charge in [0.2, 0.25) is 0 Å². The van der Waals surface area contributed by atoms with Gasteiger partial charge in [-0.2, -0.15) is 0 Å². The van der Waals surface area contributed by atoms with Crippen molar-refractivity contribution in [1.29, 1.82) is 0 Å². The van der Waals surface area contributed by atoms with Crippen LogP contribution in [0.3, 0.4) is 0 Å². The standard InChI is InChI=1S/C20H33N5O2.HI/c1-21-20(22-8-4-5-9-23-14-16-27-17-15-23)25-12-10-24(11-13-25)18-6-2-3-7-19(18)26;/h2-3,6-7,26H,4-5,8-17H2,1H3,(H,21,22);1H. The van der Waals surface area contributed by atoms with E-state index in [1.165, 1.54) is 6.42 Å². The van der Waals surface area contributed by atoms with Crippen LogP contribution in [0.15, 0.2) is 29.3 Å². The first-order valence-corrected chi connectivity index (χ1v) is 10.1. The highest BCUT2D eigenvalue weighted by Crippen LogP contribution is 2.27. The van der Waals surface area contributed by atoms with Crippen molar-refractivity contribution in [2.75, 3.05) is 77.5 Å². The minimum atomic E-state index is 0. The molecule has 2 heterocycles. The number of halogens is 1. The van der Waals surface area contributed by atoms with E-state index in [2.05, 4.69) is 25.0 Å². The normalized spacial score (nSPS) is 18.7. The zero-order valence-corrected chi connectivity index (χ0v) is 19.2. The highest BCUT2D eigenvalue weighted by atomic mass is 127. The molecule has 0 aliphatic carbocycles. The lowest BCUT2D eigenvalue weighted by Gasteiger charge is -2.37. The number of unbranched alkanes of at least 4 members (excludes halogenated alkanes) is 1. The molecule has 0 aromatic heterocycles. The number of aliphatic imine (C=N–C) groups is 1. The molecule has 2 fully saturated rings. The van der Waals surface area contributed by atoms with Crippen molar-refractivity contribution in [3.63, 3.8) is 0 Å². The molecule has 0 spiro atoms. The van der Waals surface area contributed by atoms with Crippen molar-refractivity contribution in [1.82, 2.24) is 15.1 Å². The van der Waals surface area contributed by atoms with Gasteiger partial charge in [0, 0.05) is 52.9 Å². The Morgan fingerprint density at radius 3 is 2.46 bits per heavy atom. The highest BCUT2D eigenvalue weighted by molar-refractivity contribution is 14.0. The maximum Gasteiger partial charge on any atom is 0.193 e. The summed E-state index contributed by atoms with van der Waals surface area (Å²) in [4.78, 5) is 11.5. The zero-order valence-electron chi connectivity index (χ0n) is 16.8. The lowest BCUT2D eigenvalue weighted by molar-refractivity contribution is 0.0372. The van der Waals surface area contributed by atoms with Crippen molar-refractivity contribution in [3.8, 4) is 5.75 Å². The molecule has 0 amide bonds. The molecule has 0 bridgehead atoms. The third-order valence-corrected chi connectivity index (χ3v) is 5.30. The van der Waals surface area contributed by atoms with Crippen molar-refractivity contribution >= 4 is 35.6 Å². The maximum atomic E-state index is 10.0. The van der Waals surface area contributed by atoms with E-state index in [0.717, 1.165) is 83.6 Å². The summed E-state index contributed by atoms with van der Waals surface area (Å²) in [5.41, 5.74) is 0.920. The van der Waals surface area contributed by atoms with Crippen molar-refractivity contribution < 1.29 is 9.84 Å². The molecule has 0 unspecified atom stereocenters. The molecule has 2 saturated heterocycles. The molecular weight excluding hydrogens is 469 g/mol. The summed E-state index contributed by atoms with van der Waals surface area (Å²) in [7, 11) is 1.85. The molecule has 2 N–H and O–H groups in total. The van der Waals surface area contributed by atoms with Gasteiger partial charge in [0.05, 0.1) is 18.9 Å². The average Bonchev–Trinajstić information content (AvgIpc) is 2.72. The van der Waals surface area contributed by atoms with E-state index in [1.807, 2.05) is 25.2 Å². The van der Waals surface area contributed by atoms with E-state index in [-0.39, 0.29) is 24.0 Å². The van der Waals surface area contributed by atoms with Gasteiger partial charge in [-0.15, -0.1) is 24.0 Å². The van der Waals surface area contributed by atoms with E-state index < -0.39 is 0 Å². The largest absolute Gasteiger partial charge is 0.506 e. The van der Waals surface area contributed by atoms with Crippen LogP contribution < -0.4 is 10.2 Å². The number of nitrogens with one attached hydrogen (secondary N) is 1. The lowest BCUT2D eigenvalue weighted by Crippen LogP contribution is -2.52. The lowest BCUT2D eigenvalue weighted by atomic mass is 10.2. The third-order valence-electron chi connectivity index (χ3n) is 5.30. The Bertz CT molecular complexity index is 602. The van der Waals surface area contributed by atoms with Gasteiger partial charge in [0.15, 0.2) is 5.96 Å². The number of nitrogens with zero attached hydrogens (tertiary/aromatic N) is 4. The van der Waals surface area contributed by atoms with Crippen LogP contribution >= 0.6 is 24.0 Å². The number of guanidine groups is 1. The van der Waals surface area contributed by atoms with Gasteiger partial charge in [0.1, 0.15) is 5.75 Å². The van der Waals surface area contributed by atoms with E-state index >= 15 is 0 Å². The van der Waals surface area contributed by atoms with Gasteiger partial charge in [-0.05, 0) is 31.5 Å². The summed E-state index contributed by atoms with van der Waals surface area (Å²) in [5.74, 6) is 1.34.